The highest BCUT2D eigenvalue weighted by Crippen LogP contribution is 2.19. The summed E-state index contributed by atoms with van der Waals surface area (Å²) in [6, 6.07) is 9.48. The van der Waals surface area contributed by atoms with Crippen molar-refractivity contribution in [1.82, 2.24) is 0 Å². The molecule has 0 saturated carbocycles. The summed E-state index contributed by atoms with van der Waals surface area (Å²) >= 11 is 0. The molecule has 2 N–H and O–H groups in total. The fraction of sp³-hybridized carbons (Fsp3) is 0.133. The molecule has 0 bridgehead atoms. The largest absolute Gasteiger partial charge is 0.399 e. The van der Waals surface area contributed by atoms with Gasteiger partial charge in [-0.1, -0.05) is 23.8 Å². The third kappa shape index (κ3) is 2.25. The Morgan fingerprint density at radius 2 is 1.78 bits per heavy atom. The van der Waals surface area contributed by atoms with Crippen molar-refractivity contribution in [3.8, 4) is 0 Å². The van der Waals surface area contributed by atoms with Gasteiger partial charge in [0.25, 0.3) is 0 Å². The standard InChI is InChI=1S/C15H14FNO/c1-9-3-5-12(10(2)7-9)15(18)13-8-11(17)4-6-14(13)16/h3-8H,17H2,1-2H3. The fourth-order valence-corrected chi connectivity index (χ4v) is 1.93. The van der Waals surface area contributed by atoms with E-state index in [0.717, 1.165) is 11.1 Å². The van der Waals surface area contributed by atoms with Crippen molar-refractivity contribution < 1.29 is 9.18 Å². The first kappa shape index (κ1) is 12.3. The Morgan fingerprint density at radius 3 is 2.44 bits per heavy atom. The molecule has 0 amide bonds. The Balaban J connectivity index is 2.51. The maximum Gasteiger partial charge on any atom is 0.196 e. The predicted molar refractivity (Wildman–Crippen MR) is 70.2 cm³/mol. The third-order valence-electron chi connectivity index (χ3n) is 2.86. The highest BCUT2D eigenvalue weighted by molar-refractivity contribution is 6.10. The number of nitrogen functional groups attached to an aromatic ring is 1. The van der Waals surface area contributed by atoms with E-state index in [1.807, 2.05) is 26.0 Å². The van der Waals surface area contributed by atoms with Gasteiger partial charge in [-0.2, -0.15) is 0 Å². The molecule has 2 rings (SSSR count). The van der Waals surface area contributed by atoms with E-state index < -0.39 is 5.82 Å². The summed E-state index contributed by atoms with van der Waals surface area (Å²) in [7, 11) is 0. The van der Waals surface area contributed by atoms with Crippen LogP contribution in [0.3, 0.4) is 0 Å². The second-order valence-electron chi connectivity index (χ2n) is 4.39. The van der Waals surface area contributed by atoms with Crippen LogP contribution in [-0.4, -0.2) is 5.78 Å². The Morgan fingerprint density at radius 1 is 1.06 bits per heavy atom. The second kappa shape index (κ2) is 4.61. The lowest BCUT2D eigenvalue weighted by Gasteiger charge is -2.07. The van der Waals surface area contributed by atoms with E-state index in [-0.39, 0.29) is 11.3 Å². The molecule has 2 nitrogen and oxygen atoms in total. The number of hydrogen-bond donors (Lipinski definition) is 1. The summed E-state index contributed by atoms with van der Waals surface area (Å²) in [6.45, 7) is 3.78. The first-order valence-electron chi connectivity index (χ1n) is 5.66. The number of halogens is 1. The molecular formula is C15H14FNO. The van der Waals surface area contributed by atoms with Gasteiger partial charge in [-0.25, -0.2) is 4.39 Å². The second-order valence-corrected chi connectivity index (χ2v) is 4.39. The van der Waals surface area contributed by atoms with Crippen LogP contribution >= 0.6 is 0 Å². The molecule has 3 heteroatoms. The summed E-state index contributed by atoms with van der Waals surface area (Å²) in [4.78, 5) is 12.3. The fourth-order valence-electron chi connectivity index (χ4n) is 1.93. The zero-order valence-electron chi connectivity index (χ0n) is 10.3. The van der Waals surface area contributed by atoms with Gasteiger partial charge >= 0.3 is 0 Å². The summed E-state index contributed by atoms with van der Waals surface area (Å²) in [6.07, 6.45) is 0. The molecular weight excluding hydrogens is 229 g/mol. The van der Waals surface area contributed by atoms with E-state index >= 15 is 0 Å². The Hall–Kier alpha value is -2.16. The van der Waals surface area contributed by atoms with Crippen molar-refractivity contribution in [2.24, 2.45) is 0 Å². The minimum Gasteiger partial charge on any atom is -0.399 e. The maximum absolute atomic E-state index is 13.6. The first-order valence-corrected chi connectivity index (χ1v) is 5.66. The quantitative estimate of drug-likeness (QED) is 0.650. The van der Waals surface area contributed by atoms with Gasteiger partial charge in [0.1, 0.15) is 5.82 Å². The lowest BCUT2D eigenvalue weighted by atomic mass is 9.97. The number of hydrogen-bond acceptors (Lipinski definition) is 2. The Bertz CT molecular complexity index is 620. The van der Waals surface area contributed by atoms with Crippen LogP contribution in [0.15, 0.2) is 36.4 Å². The Labute approximate surface area is 105 Å². The molecule has 0 heterocycles. The molecule has 18 heavy (non-hydrogen) atoms. The normalized spacial score (nSPS) is 10.4. The van der Waals surface area contributed by atoms with E-state index in [2.05, 4.69) is 0 Å². The minimum absolute atomic E-state index is 0.0157. The highest BCUT2D eigenvalue weighted by Gasteiger charge is 2.16. The summed E-state index contributed by atoms with van der Waals surface area (Å²) in [5, 5.41) is 0. The van der Waals surface area contributed by atoms with Crippen molar-refractivity contribution in [2.75, 3.05) is 5.73 Å². The predicted octanol–water partition coefficient (Wildman–Crippen LogP) is 3.26. The summed E-state index contributed by atoms with van der Waals surface area (Å²) in [5.74, 6) is -0.883. The average Bonchev–Trinajstić information content (AvgIpc) is 2.31. The van der Waals surface area contributed by atoms with E-state index in [1.165, 1.54) is 18.2 Å². The molecule has 0 aliphatic carbocycles. The van der Waals surface area contributed by atoms with Crippen LogP contribution < -0.4 is 5.73 Å². The molecule has 0 fully saturated rings. The van der Waals surface area contributed by atoms with Crippen LogP contribution in [0.4, 0.5) is 10.1 Å². The van der Waals surface area contributed by atoms with Crippen LogP contribution in [0.25, 0.3) is 0 Å². The number of nitrogens with two attached hydrogens (primary N) is 1. The number of anilines is 1. The molecule has 0 spiro atoms. The van der Waals surface area contributed by atoms with Crippen LogP contribution in [0.2, 0.25) is 0 Å². The van der Waals surface area contributed by atoms with Gasteiger partial charge in [0.05, 0.1) is 5.56 Å². The van der Waals surface area contributed by atoms with Crippen LogP contribution in [0.1, 0.15) is 27.0 Å². The third-order valence-corrected chi connectivity index (χ3v) is 2.86. The number of ketones is 1. The summed E-state index contributed by atoms with van der Waals surface area (Å²) < 4.78 is 13.6. The molecule has 2 aromatic carbocycles. The maximum atomic E-state index is 13.6. The molecule has 0 aliphatic rings. The number of rotatable bonds is 2. The first-order chi connectivity index (χ1) is 8.49. The molecule has 92 valence electrons. The van der Waals surface area contributed by atoms with Crippen LogP contribution in [0, 0.1) is 19.7 Å². The van der Waals surface area contributed by atoms with Gasteiger partial charge in [-0.05, 0) is 37.6 Å². The van der Waals surface area contributed by atoms with E-state index in [1.54, 1.807) is 6.07 Å². The van der Waals surface area contributed by atoms with Crippen LogP contribution in [-0.2, 0) is 0 Å². The van der Waals surface area contributed by atoms with Crippen molar-refractivity contribution in [3.05, 3.63) is 64.5 Å². The van der Waals surface area contributed by atoms with Crippen molar-refractivity contribution >= 4 is 11.5 Å². The smallest absolute Gasteiger partial charge is 0.196 e. The van der Waals surface area contributed by atoms with E-state index in [4.69, 9.17) is 5.73 Å². The molecule has 0 aromatic heterocycles. The van der Waals surface area contributed by atoms with Gasteiger partial charge < -0.3 is 5.73 Å². The number of carbonyl (C=O) groups excluding carboxylic acids is 1. The van der Waals surface area contributed by atoms with E-state index in [0.29, 0.717) is 11.3 Å². The van der Waals surface area contributed by atoms with Gasteiger partial charge in [0.2, 0.25) is 0 Å². The molecule has 0 unspecified atom stereocenters. The molecule has 0 aliphatic heterocycles. The molecule has 0 radical (unpaired) electrons. The van der Waals surface area contributed by atoms with Crippen molar-refractivity contribution in [1.29, 1.82) is 0 Å². The molecule has 2 aromatic rings. The van der Waals surface area contributed by atoms with Gasteiger partial charge in [0, 0.05) is 11.3 Å². The van der Waals surface area contributed by atoms with Gasteiger partial charge in [-0.15, -0.1) is 0 Å². The zero-order chi connectivity index (χ0) is 13.3. The van der Waals surface area contributed by atoms with Crippen molar-refractivity contribution in [3.63, 3.8) is 0 Å². The number of aryl methyl sites for hydroxylation is 2. The monoisotopic (exact) mass is 243 g/mol. The van der Waals surface area contributed by atoms with Gasteiger partial charge in [0.15, 0.2) is 5.78 Å². The minimum atomic E-state index is -0.547. The average molecular weight is 243 g/mol. The topological polar surface area (TPSA) is 43.1 Å². The Kier molecular flexibility index (Phi) is 3.15. The highest BCUT2D eigenvalue weighted by atomic mass is 19.1. The number of benzene rings is 2. The lowest BCUT2D eigenvalue weighted by Crippen LogP contribution is -2.07. The molecule has 0 saturated heterocycles. The zero-order valence-corrected chi connectivity index (χ0v) is 10.3. The van der Waals surface area contributed by atoms with Crippen molar-refractivity contribution in [2.45, 2.75) is 13.8 Å². The van der Waals surface area contributed by atoms with Gasteiger partial charge in [-0.3, -0.25) is 4.79 Å². The summed E-state index contributed by atoms with van der Waals surface area (Å²) in [5.41, 5.74) is 8.39. The lowest BCUT2D eigenvalue weighted by molar-refractivity contribution is 0.103. The SMILES string of the molecule is Cc1ccc(C(=O)c2cc(N)ccc2F)c(C)c1. The molecule has 0 atom stereocenters. The number of carbonyl (C=O) groups is 1. The van der Waals surface area contributed by atoms with Crippen LogP contribution in [0.5, 0.6) is 0 Å². The van der Waals surface area contributed by atoms with E-state index in [9.17, 15) is 9.18 Å².